The van der Waals surface area contributed by atoms with Crippen LogP contribution in [0.25, 0.3) is 5.70 Å². The predicted molar refractivity (Wildman–Crippen MR) is 91.5 cm³/mol. The van der Waals surface area contributed by atoms with Gasteiger partial charge in [0, 0.05) is 28.8 Å². The second kappa shape index (κ2) is 6.46. The van der Waals surface area contributed by atoms with Gasteiger partial charge in [0.1, 0.15) is 5.82 Å². The zero-order chi connectivity index (χ0) is 16.4. The summed E-state index contributed by atoms with van der Waals surface area (Å²) in [6.07, 6.45) is 9.33. The molecule has 0 radical (unpaired) electrons. The monoisotopic (exact) mass is 315 g/mol. The van der Waals surface area contributed by atoms with Gasteiger partial charge in [0.05, 0.1) is 0 Å². The summed E-state index contributed by atoms with van der Waals surface area (Å²) in [6.45, 7) is 4.18. The lowest BCUT2D eigenvalue weighted by Crippen LogP contribution is -2.44. The van der Waals surface area contributed by atoms with Crippen molar-refractivity contribution < 1.29 is 9.18 Å². The number of carbonyl (C=O) groups is 1. The van der Waals surface area contributed by atoms with Crippen molar-refractivity contribution in [1.82, 2.24) is 5.32 Å². The van der Waals surface area contributed by atoms with Crippen molar-refractivity contribution >= 4 is 11.5 Å². The smallest absolute Gasteiger partial charge is 0.160 e. The Morgan fingerprint density at radius 3 is 2.61 bits per heavy atom. The predicted octanol–water partition coefficient (Wildman–Crippen LogP) is 4.63. The Labute approximate surface area is 138 Å². The van der Waals surface area contributed by atoms with Gasteiger partial charge < -0.3 is 5.32 Å². The molecule has 124 valence electrons. The van der Waals surface area contributed by atoms with Gasteiger partial charge in [-0.3, -0.25) is 4.79 Å². The van der Waals surface area contributed by atoms with Gasteiger partial charge in [-0.2, -0.15) is 0 Å². The highest BCUT2D eigenvalue weighted by molar-refractivity contribution is 5.98. The number of hydrogen-bond acceptors (Lipinski definition) is 2. The maximum Gasteiger partial charge on any atom is 0.160 e. The lowest BCUT2D eigenvalue weighted by atomic mass is 9.84. The highest BCUT2D eigenvalue weighted by Crippen LogP contribution is 2.31. The first-order chi connectivity index (χ1) is 10.9. The van der Waals surface area contributed by atoms with Gasteiger partial charge in [-0.1, -0.05) is 25.7 Å². The number of ketones is 1. The number of fused-ring (bicyclic) bond motifs is 1. The molecule has 1 aromatic rings. The highest BCUT2D eigenvalue weighted by atomic mass is 19.1. The van der Waals surface area contributed by atoms with Crippen LogP contribution in [0.5, 0.6) is 0 Å². The van der Waals surface area contributed by atoms with Crippen LogP contribution in [0.4, 0.5) is 4.39 Å². The number of allylic oxidation sites excluding steroid dienone is 1. The van der Waals surface area contributed by atoms with E-state index in [1.807, 2.05) is 0 Å². The first-order valence-electron chi connectivity index (χ1n) is 8.77. The van der Waals surface area contributed by atoms with Gasteiger partial charge in [0.2, 0.25) is 0 Å². The summed E-state index contributed by atoms with van der Waals surface area (Å²) in [5.41, 5.74) is 2.63. The Hall–Kier alpha value is -1.64. The number of halogens is 1. The molecule has 1 heterocycles. The first kappa shape index (κ1) is 16.2. The van der Waals surface area contributed by atoms with Crippen LogP contribution in [0, 0.1) is 11.7 Å². The van der Waals surface area contributed by atoms with E-state index in [9.17, 15) is 9.18 Å². The summed E-state index contributed by atoms with van der Waals surface area (Å²) in [5.74, 6) is 0.166. The highest BCUT2D eigenvalue weighted by Gasteiger charge is 2.29. The maximum absolute atomic E-state index is 13.6. The van der Waals surface area contributed by atoms with E-state index in [4.69, 9.17) is 0 Å². The largest absolute Gasteiger partial charge is 0.379 e. The summed E-state index contributed by atoms with van der Waals surface area (Å²) in [4.78, 5) is 12.7. The minimum Gasteiger partial charge on any atom is -0.379 e. The number of carbonyl (C=O) groups excluding carboxylic acids is 1. The minimum absolute atomic E-state index is 0.153. The molecule has 1 aromatic carbocycles. The molecule has 0 amide bonds. The summed E-state index contributed by atoms with van der Waals surface area (Å²) < 4.78 is 13.6. The molecule has 0 spiro atoms. The molecule has 3 heteroatoms. The molecule has 1 saturated carbocycles. The van der Waals surface area contributed by atoms with Crippen LogP contribution in [0.15, 0.2) is 24.3 Å². The van der Waals surface area contributed by atoms with E-state index >= 15 is 0 Å². The molecule has 1 fully saturated rings. The van der Waals surface area contributed by atoms with Gasteiger partial charge in [-0.25, -0.2) is 4.39 Å². The molecule has 0 saturated heterocycles. The molecular formula is C20H26FNO. The van der Waals surface area contributed by atoms with Crippen molar-refractivity contribution in [2.24, 2.45) is 5.92 Å². The van der Waals surface area contributed by atoms with Crippen molar-refractivity contribution in [1.29, 1.82) is 0 Å². The van der Waals surface area contributed by atoms with Crippen LogP contribution in [-0.2, 0) is 11.2 Å². The molecule has 2 aliphatic rings. The molecule has 2 nitrogen and oxygen atoms in total. The molecule has 0 aromatic heterocycles. The van der Waals surface area contributed by atoms with Gasteiger partial charge in [-0.05, 0) is 56.9 Å². The summed E-state index contributed by atoms with van der Waals surface area (Å²) in [5, 5.41) is 3.47. The average Bonchev–Trinajstić information content (AvgIpc) is 2.74. The van der Waals surface area contributed by atoms with Gasteiger partial charge in [0.25, 0.3) is 0 Å². The standard InChI is InChI=1S/C20H26FNO/c1-20(2)13-15-11-16(21)9-10-17(15)18(22-20)12-19(23)14-7-5-3-4-6-8-14/h9-12,14,22H,3-8,13H2,1-2H3. The van der Waals surface area contributed by atoms with Crippen molar-refractivity contribution in [3.05, 3.63) is 41.2 Å². The van der Waals surface area contributed by atoms with Gasteiger partial charge in [0.15, 0.2) is 5.78 Å². The fourth-order valence-electron chi connectivity index (χ4n) is 3.86. The second-order valence-electron chi connectivity index (χ2n) is 7.64. The summed E-state index contributed by atoms with van der Waals surface area (Å²) in [7, 11) is 0. The normalized spacial score (nSPS) is 23.0. The molecular weight excluding hydrogens is 289 g/mol. The lowest BCUT2D eigenvalue weighted by molar-refractivity contribution is -0.118. The Balaban J connectivity index is 1.90. The third-order valence-electron chi connectivity index (χ3n) is 5.01. The van der Waals surface area contributed by atoms with E-state index in [1.54, 1.807) is 18.2 Å². The van der Waals surface area contributed by atoms with Crippen LogP contribution in [-0.4, -0.2) is 11.3 Å². The van der Waals surface area contributed by atoms with Gasteiger partial charge >= 0.3 is 0 Å². The van der Waals surface area contributed by atoms with E-state index in [0.717, 1.165) is 48.9 Å². The first-order valence-corrected chi connectivity index (χ1v) is 8.77. The molecule has 0 unspecified atom stereocenters. The SMILES string of the molecule is CC1(C)Cc2cc(F)ccc2C(=CC(=O)C2CCCCCC2)N1. The van der Waals surface area contributed by atoms with Crippen LogP contribution < -0.4 is 5.32 Å². The molecule has 0 bridgehead atoms. The Bertz CT molecular complexity index is 625. The minimum atomic E-state index is -0.212. The molecule has 0 atom stereocenters. The van der Waals surface area contributed by atoms with Crippen molar-refractivity contribution in [2.75, 3.05) is 0 Å². The topological polar surface area (TPSA) is 29.1 Å². The zero-order valence-electron chi connectivity index (χ0n) is 14.1. The third kappa shape index (κ3) is 3.82. The van der Waals surface area contributed by atoms with Crippen LogP contribution >= 0.6 is 0 Å². The Morgan fingerprint density at radius 1 is 1.22 bits per heavy atom. The van der Waals surface area contributed by atoms with E-state index < -0.39 is 0 Å². The number of rotatable bonds is 2. The molecule has 1 aliphatic heterocycles. The van der Waals surface area contributed by atoms with E-state index in [0.29, 0.717) is 0 Å². The maximum atomic E-state index is 13.6. The number of nitrogens with one attached hydrogen (secondary N) is 1. The number of benzene rings is 1. The second-order valence-corrected chi connectivity index (χ2v) is 7.64. The zero-order valence-corrected chi connectivity index (χ0v) is 14.1. The van der Waals surface area contributed by atoms with Crippen molar-refractivity contribution in [3.8, 4) is 0 Å². The Morgan fingerprint density at radius 2 is 1.91 bits per heavy atom. The number of hydrogen-bond donors (Lipinski definition) is 1. The van der Waals surface area contributed by atoms with E-state index in [-0.39, 0.29) is 23.1 Å². The average molecular weight is 315 g/mol. The molecule has 1 aliphatic carbocycles. The van der Waals surface area contributed by atoms with E-state index in [1.165, 1.54) is 18.9 Å². The summed E-state index contributed by atoms with van der Waals surface area (Å²) >= 11 is 0. The van der Waals surface area contributed by atoms with E-state index in [2.05, 4.69) is 19.2 Å². The molecule has 1 N–H and O–H groups in total. The third-order valence-corrected chi connectivity index (χ3v) is 5.01. The van der Waals surface area contributed by atoms with Gasteiger partial charge in [-0.15, -0.1) is 0 Å². The lowest BCUT2D eigenvalue weighted by Gasteiger charge is -2.35. The van der Waals surface area contributed by atoms with Crippen LogP contribution in [0.3, 0.4) is 0 Å². The quantitative estimate of drug-likeness (QED) is 0.637. The van der Waals surface area contributed by atoms with Crippen molar-refractivity contribution in [2.45, 2.75) is 64.3 Å². The molecule has 3 rings (SSSR count). The van der Waals surface area contributed by atoms with Crippen LogP contribution in [0.2, 0.25) is 0 Å². The fraction of sp³-hybridized carbons (Fsp3) is 0.550. The fourth-order valence-corrected chi connectivity index (χ4v) is 3.86. The Kier molecular flexibility index (Phi) is 4.56. The van der Waals surface area contributed by atoms with Crippen LogP contribution in [0.1, 0.15) is 63.5 Å². The summed E-state index contributed by atoms with van der Waals surface area (Å²) in [6, 6.07) is 4.86. The molecule has 23 heavy (non-hydrogen) atoms. The van der Waals surface area contributed by atoms with Crippen molar-refractivity contribution in [3.63, 3.8) is 0 Å².